The van der Waals surface area contributed by atoms with Gasteiger partial charge in [0.15, 0.2) is 0 Å². The zero-order valence-electron chi connectivity index (χ0n) is 27.3. The zero-order valence-corrected chi connectivity index (χ0v) is 27.3. The lowest BCUT2D eigenvalue weighted by Gasteiger charge is -2.52. The van der Waals surface area contributed by atoms with Gasteiger partial charge in [-0.05, 0) is 66.5 Å². The van der Waals surface area contributed by atoms with Crippen LogP contribution in [0.1, 0.15) is 102 Å². The molecule has 4 N–H and O–H groups in total. The van der Waals surface area contributed by atoms with Crippen molar-refractivity contribution in [1.82, 2.24) is 19.9 Å². The summed E-state index contributed by atoms with van der Waals surface area (Å²) in [4.78, 5) is 20.0. The van der Waals surface area contributed by atoms with Crippen LogP contribution in [0.15, 0.2) is 72.8 Å². The van der Waals surface area contributed by atoms with E-state index >= 15 is 0 Å². The average molecular weight is 593 g/mol. The van der Waals surface area contributed by atoms with E-state index in [1.54, 1.807) is 0 Å². The van der Waals surface area contributed by atoms with Crippen LogP contribution in [0.4, 0.5) is 23.5 Å². The van der Waals surface area contributed by atoms with Gasteiger partial charge < -0.3 is 21.3 Å². The second-order valence-electron chi connectivity index (χ2n) is 13.1. The van der Waals surface area contributed by atoms with Gasteiger partial charge in [-0.1, -0.05) is 60.7 Å². The average Bonchev–Trinajstić information content (AvgIpc) is 2.92. The Morgan fingerprint density at radius 1 is 0.432 bits per heavy atom. The van der Waals surface area contributed by atoms with Gasteiger partial charge >= 0.3 is 0 Å². The maximum absolute atomic E-state index is 5.18. The smallest absolute Gasteiger partial charge is 0.225 e. The van der Waals surface area contributed by atoms with Gasteiger partial charge in [-0.25, -0.2) is 9.97 Å². The highest BCUT2D eigenvalue weighted by Crippen LogP contribution is 2.66. The molecular weight excluding hydrogens is 544 g/mol. The van der Waals surface area contributed by atoms with Crippen molar-refractivity contribution in [2.45, 2.75) is 103 Å². The minimum Gasteiger partial charge on any atom is -0.368 e. The monoisotopic (exact) mass is 592 g/mol. The first-order chi connectivity index (χ1) is 21.1. The highest BCUT2D eigenvalue weighted by Gasteiger charge is 2.54. The van der Waals surface area contributed by atoms with Gasteiger partial charge in [0.2, 0.25) is 11.9 Å². The van der Waals surface area contributed by atoms with Crippen LogP contribution in [-0.2, 0) is 0 Å². The molecule has 2 heterocycles. The van der Waals surface area contributed by atoms with Gasteiger partial charge in [-0.2, -0.15) is 9.97 Å². The van der Waals surface area contributed by atoms with Gasteiger partial charge in [0.1, 0.15) is 11.6 Å². The van der Waals surface area contributed by atoms with Crippen molar-refractivity contribution >= 4 is 23.5 Å². The number of aromatic nitrogens is 4. The van der Waals surface area contributed by atoms with E-state index in [9.17, 15) is 0 Å². The first-order valence-electron chi connectivity index (χ1n) is 16.0. The van der Waals surface area contributed by atoms with Crippen molar-refractivity contribution in [3.63, 3.8) is 0 Å². The summed E-state index contributed by atoms with van der Waals surface area (Å²) in [7, 11) is 0. The highest BCUT2D eigenvalue weighted by atomic mass is 15.2. The first kappa shape index (κ1) is 31.2. The van der Waals surface area contributed by atoms with E-state index in [1.807, 2.05) is 0 Å². The predicted molar refractivity (Wildman–Crippen MR) is 183 cm³/mol. The highest BCUT2D eigenvalue weighted by molar-refractivity contribution is 5.53. The van der Waals surface area contributed by atoms with Crippen LogP contribution in [0.3, 0.4) is 0 Å². The van der Waals surface area contributed by atoms with Crippen LogP contribution in [0.2, 0.25) is 0 Å². The molecule has 1 saturated carbocycles. The van der Waals surface area contributed by atoms with E-state index in [-0.39, 0.29) is 47.8 Å². The van der Waals surface area contributed by atoms with Gasteiger partial charge in [-0.15, -0.1) is 0 Å². The van der Waals surface area contributed by atoms with Crippen LogP contribution in [0, 0.1) is 0 Å². The van der Waals surface area contributed by atoms with E-state index in [2.05, 4.69) is 149 Å². The third-order valence-electron chi connectivity index (χ3n) is 7.80. The molecule has 0 atom stereocenters. The molecule has 8 nitrogen and oxygen atoms in total. The molecule has 4 aromatic rings. The fraction of sp³-hybridized carbons (Fsp3) is 0.444. The standard InChI is InChI=1S/C36H48N8/c1-21(2)37-29-19-27(41-35(43-29)39-23(5)6)33-31(25-15-11-9-12-16-25)34(32(33)26-17-13-10-14-18-26)28-20-30(38-22(3)4)44-36(42-28)40-24(7)8/h9-24,31-34H,1-8H3,(H2,37,39,41,43)(H2,38,40,42,44)/t31-,32-,33-,34-. The van der Waals surface area contributed by atoms with Crippen LogP contribution in [-0.4, -0.2) is 44.1 Å². The molecule has 44 heavy (non-hydrogen) atoms. The second kappa shape index (κ2) is 13.6. The van der Waals surface area contributed by atoms with Crippen LogP contribution in [0.5, 0.6) is 0 Å². The molecular formula is C36H48N8. The maximum Gasteiger partial charge on any atom is 0.225 e. The number of nitrogens with zero attached hydrogens (tertiary/aromatic N) is 4. The van der Waals surface area contributed by atoms with E-state index in [0.29, 0.717) is 11.9 Å². The van der Waals surface area contributed by atoms with Crippen molar-refractivity contribution in [2.24, 2.45) is 0 Å². The van der Waals surface area contributed by atoms with E-state index in [4.69, 9.17) is 19.9 Å². The molecule has 0 radical (unpaired) electrons. The Labute approximate surface area is 263 Å². The third kappa shape index (κ3) is 7.29. The molecule has 1 fully saturated rings. The minimum atomic E-state index is 0.103. The first-order valence-corrected chi connectivity index (χ1v) is 16.0. The number of rotatable bonds is 12. The Bertz CT molecular complexity index is 1320. The number of nitrogens with one attached hydrogen (secondary N) is 4. The van der Waals surface area contributed by atoms with Crippen LogP contribution < -0.4 is 21.3 Å². The SMILES string of the molecule is CC(C)Nc1cc([C@H]2[C@H](c3ccccc3)[C@H](c3cc(NC(C)C)nc(NC(C)C)n3)[C@H]2c2ccccc2)nc(NC(C)C)n1. The fourth-order valence-electron chi connectivity index (χ4n) is 6.32. The second-order valence-corrected chi connectivity index (χ2v) is 13.1. The molecule has 0 unspecified atom stereocenters. The number of hydrogen-bond donors (Lipinski definition) is 4. The third-order valence-corrected chi connectivity index (χ3v) is 7.80. The molecule has 1 aliphatic carbocycles. The molecule has 5 rings (SSSR count). The number of anilines is 4. The Hall–Kier alpha value is -4.20. The van der Waals surface area contributed by atoms with Crippen molar-refractivity contribution < 1.29 is 0 Å². The summed E-state index contributed by atoms with van der Waals surface area (Å²) in [5.41, 5.74) is 4.61. The summed E-state index contributed by atoms with van der Waals surface area (Å²) in [5.74, 6) is 3.46. The Morgan fingerprint density at radius 3 is 1.09 bits per heavy atom. The topological polar surface area (TPSA) is 99.7 Å². The quantitative estimate of drug-likeness (QED) is 0.131. The van der Waals surface area contributed by atoms with Gasteiger partial charge in [0.05, 0.1) is 11.4 Å². The van der Waals surface area contributed by atoms with Crippen molar-refractivity contribution in [2.75, 3.05) is 21.3 Å². The van der Waals surface area contributed by atoms with E-state index < -0.39 is 0 Å². The predicted octanol–water partition coefficient (Wildman–Crippen LogP) is 8.00. The molecule has 0 amide bonds. The Morgan fingerprint density at radius 2 is 0.773 bits per heavy atom. The fourth-order valence-corrected chi connectivity index (χ4v) is 6.32. The number of hydrogen-bond acceptors (Lipinski definition) is 8. The Balaban J connectivity index is 1.71. The molecule has 0 saturated heterocycles. The molecule has 0 spiro atoms. The van der Waals surface area contributed by atoms with E-state index in [1.165, 1.54) is 11.1 Å². The molecule has 8 heteroatoms. The Kier molecular flexibility index (Phi) is 9.67. The van der Waals surface area contributed by atoms with E-state index in [0.717, 1.165) is 23.0 Å². The summed E-state index contributed by atoms with van der Waals surface area (Å²) in [6.07, 6.45) is 0. The van der Waals surface area contributed by atoms with Gasteiger partial charge in [0, 0.05) is 60.0 Å². The zero-order chi connectivity index (χ0) is 31.4. The van der Waals surface area contributed by atoms with Crippen LogP contribution in [0.25, 0.3) is 0 Å². The summed E-state index contributed by atoms with van der Waals surface area (Å²) < 4.78 is 0. The maximum atomic E-state index is 5.18. The lowest BCUT2D eigenvalue weighted by Crippen LogP contribution is -2.41. The largest absolute Gasteiger partial charge is 0.368 e. The number of benzene rings is 2. The lowest BCUT2D eigenvalue weighted by atomic mass is 9.50. The normalized spacial score (nSPS) is 19.7. The summed E-state index contributed by atoms with van der Waals surface area (Å²) >= 11 is 0. The molecule has 0 bridgehead atoms. The van der Waals surface area contributed by atoms with Gasteiger partial charge in [-0.3, -0.25) is 0 Å². The van der Waals surface area contributed by atoms with Gasteiger partial charge in [0.25, 0.3) is 0 Å². The molecule has 2 aromatic carbocycles. The van der Waals surface area contributed by atoms with Crippen molar-refractivity contribution in [3.8, 4) is 0 Å². The molecule has 1 aliphatic rings. The minimum absolute atomic E-state index is 0.103. The lowest BCUT2D eigenvalue weighted by molar-refractivity contribution is 0.220. The molecule has 0 aliphatic heterocycles. The summed E-state index contributed by atoms with van der Waals surface area (Å²) in [6, 6.07) is 26.9. The molecule has 232 valence electrons. The summed E-state index contributed by atoms with van der Waals surface area (Å²) in [5, 5.41) is 14.0. The molecule has 2 aromatic heterocycles. The van der Waals surface area contributed by atoms with Crippen LogP contribution >= 0.6 is 0 Å². The summed E-state index contributed by atoms with van der Waals surface area (Å²) in [6.45, 7) is 17.0. The van der Waals surface area contributed by atoms with Crippen molar-refractivity contribution in [1.29, 1.82) is 0 Å². The van der Waals surface area contributed by atoms with Crippen molar-refractivity contribution in [3.05, 3.63) is 95.3 Å².